The van der Waals surface area contributed by atoms with E-state index in [1.807, 2.05) is 0 Å². The highest BCUT2D eigenvalue weighted by atomic mass is 19.1. The minimum atomic E-state index is -0.690. The third-order valence-electron chi connectivity index (χ3n) is 2.37. The molecule has 1 aromatic carbocycles. The van der Waals surface area contributed by atoms with Gasteiger partial charge in [0.05, 0.1) is 13.0 Å². The lowest BCUT2D eigenvalue weighted by Crippen LogP contribution is -2.19. The molecule has 0 aliphatic heterocycles. The van der Waals surface area contributed by atoms with E-state index in [4.69, 9.17) is 0 Å². The number of benzene rings is 1. The van der Waals surface area contributed by atoms with E-state index in [1.165, 1.54) is 7.11 Å². The van der Waals surface area contributed by atoms with E-state index in [-0.39, 0.29) is 5.92 Å². The van der Waals surface area contributed by atoms with Gasteiger partial charge in [-0.05, 0) is 23.6 Å². The molecule has 1 unspecified atom stereocenters. The van der Waals surface area contributed by atoms with Gasteiger partial charge in [-0.25, -0.2) is 8.78 Å². The van der Waals surface area contributed by atoms with Gasteiger partial charge in [0.2, 0.25) is 0 Å². The van der Waals surface area contributed by atoms with Gasteiger partial charge < -0.3 is 4.74 Å². The molecule has 0 spiro atoms. The Kier molecular flexibility index (Phi) is 3.99. The Hall–Kier alpha value is -1.45. The lowest BCUT2D eigenvalue weighted by molar-refractivity contribution is -0.143. The van der Waals surface area contributed by atoms with Crippen LogP contribution in [0.4, 0.5) is 8.78 Å². The number of rotatable bonds is 3. The second kappa shape index (κ2) is 5.05. The van der Waals surface area contributed by atoms with Gasteiger partial charge in [-0.1, -0.05) is 13.8 Å². The number of hydrogen-bond acceptors (Lipinski definition) is 2. The molecule has 88 valence electrons. The normalized spacial score (nSPS) is 12.6. The molecule has 0 radical (unpaired) electrons. The highest BCUT2D eigenvalue weighted by Crippen LogP contribution is 2.27. The van der Waals surface area contributed by atoms with E-state index in [0.29, 0.717) is 5.56 Å². The van der Waals surface area contributed by atoms with Crippen LogP contribution in [0.5, 0.6) is 0 Å². The Bertz CT molecular complexity index is 368. The van der Waals surface area contributed by atoms with Crippen molar-refractivity contribution in [1.29, 1.82) is 0 Å². The lowest BCUT2D eigenvalue weighted by atomic mass is 9.88. The van der Waals surface area contributed by atoms with Crippen molar-refractivity contribution in [3.05, 3.63) is 35.4 Å². The monoisotopic (exact) mass is 228 g/mol. The molecular weight excluding hydrogens is 214 g/mol. The first kappa shape index (κ1) is 12.6. The fraction of sp³-hybridized carbons (Fsp3) is 0.417. The van der Waals surface area contributed by atoms with Gasteiger partial charge >= 0.3 is 5.97 Å². The Morgan fingerprint density at radius 1 is 1.19 bits per heavy atom. The van der Waals surface area contributed by atoms with Gasteiger partial charge in [0.15, 0.2) is 0 Å². The number of methoxy groups -OCH3 is 1. The van der Waals surface area contributed by atoms with Crippen molar-refractivity contribution in [2.75, 3.05) is 7.11 Å². The highest BCUT2D eigenvalue weighted by molar-refractivity contribution is 5.78. The second-order valence-electron chi connectivity index (χ2n) is 3.95. The van der Waals surface area contributed by atoms with Crippen molar-refractivity contribution in [3.8, 4) is 0 Å². The van der Waals surface area contributed by atoms with Crippen LogP contribution in [0.1, 0.15) is 25.3 Å². The van der Waals surface area contributed by atoms with E-state index in [1.54, 1.807) is 13.8 Å². The van der Waals surface area contributed by atoms with Crippen LogP contribution in [0.25, 0.3) is 0 Å². The van der Waals surface area contributed by atoms with E-state index < -0.39 is 23.5 Å². The van der Waals surface area contributed by atoms with Crippen molar-refractivity contribution in [2.24, 2.45) is 5.92 Å². The molecule has 1 atom stereocenters. The molecule has 0 saturated heterocycles. The van der Waals surface area contributed by atoms with E-state index >= 15 is 0 Å². The summed E-state index contributed by atoms with van der Waals surface area (Å²) >= 11 is 0. The fourth-order valence-electron chi connectivity index (χ4n) is 1.67. The van der Waals surface area contributed by atoms with Gasteiger partial charge in [0.1, 0.15) is 11.6 Å². The number of halogens is 2. The molecule has 0 aliphatic carbocycles. The molecule has 0 amide bonds. The van der Waals surface area contributed by atoms with Gasteiger partial charge in [0.25, 0.3) is 0 Å². The smallest absolute Gasteiger partial charge is 0.313 e. The first-order valence-electron chi connectivity index (χ1n) is 4.99. The molecule has 1 rings (SSSR count). The molecule has 0 saturated carbocycles. The molecule has 4 heteroatoms. The summed E-state index contributed by atoms with van der Waals surface area (Å²) in [4.78, 5) is 11.5. The van der Waals surface area contributed by atoms with Crippen LogP contribution in [0, 0.1) is 17.6 Å². The number of ether oxygens (including phenoxy) is 1. The van der Waals surface area contributed by atoms with E-state index in [0.717, 1.165) is 18.2 Å². The first-order valence-corrected chi connectivity index (χ1v) is 4.99. The predicted molar refractivity (Wildman–Crippen MR) is 56.0 cm³/mol. The quantitative estimate of drug-likeness (QED) is 0.743. The standard InChI is InChI=1S/C12H14F2O2/c1-7(2)11(12(15)16-3)8-4-9(13)6-10(14)5-8/h4-7,11H,1-3H3. The molecule has 1 aromatic rings. The van der Waals surface area contributed by atoms with E-state index in [2.05, 4.69) is 4.74 Å². The molecule has 0 N–H and O–H groups in total. The van der Waals surface area contributed by atoms with Crippen LogP contribution in [0.15, 0.2) is 18.2 Å². The summed E-state index contributed by atoms with van der Waals surface area (Å²) in [5.41, 5.74) is 0.305. The summed E-state index contributed by atoms with van der Waals surface area (Å²) < 4.78 is 30.7. The highest BCUT2D eigenvalue weighted by Gasteiger charge is 2.25. The van der Waals surface area contributed by atoms with Crippen LogP contribution in [0.3, 0.4) is 0 Å². The van der Waals surface area contributed by atoms with Crippen LogP contribution >= 0.6 is 0 Å². The number of carbonyl (C=O) groups is 1. The van der Waals surface area contributed by atoms with Crippen LogP contribution in [0.2, 0.25) is 0 Å². The van der Waals surface area contributed by atoms with Crippen LogP contribution in [-0.2, 0) is 9.53 Å². The molecule has 0 heterocycles. The lowest BCUT2D eigenvalue weighted by Gasteiger charge is -2.18. The van der Waals surface area contributed by atoms with Gasteiger partial charge in [-0.2, -0.15) is 0 Å². The SMILES string of the molecule is COC(=O)C(c1cc(F)cc(F)c1)C(C)C. The largest absolute Gasteiger partial charge is 0.469 e. The molecular formula is C12H14F2O2. The Balaban J connectivity index is 3.15. The summed E-state index contributed by atoms with van der Waals surface area (Å²) in [6, 6.07) is 3.09. The number of carbonyl (C=O) groups excluding carboxylic acids is 1. The molecule has 0 aromatic heterocycles. The minimum absolute atomic E-state index is 0.0892. The van der Waals surface area contributed by atoms with Crippen molar-refractivity contribution < 1.29 is 18.3 Å². The Morgan fingerprint density at radius 2 is 1.69 bits per heavy atom. The van der Waals surface area contributed by atoms with Crippen molar-refractivity contribution in [3.63, 3.8) is 0 Å². The number of hydrogen-bond donors (Lipinski definition) is 0. The predicted octanol–water partition coefficient (Wildman–Crippen LogP) is 2.88. The third-order valence-corrected chi connectivity index (χ3v) is 2.37. The molecule has 0 fully saturated rings. The van der Waals surface area contributed by atoms with Gasteiger partial charge in [-0.15, -0.1) is 0 Å². The zero-order valence-corrected chi connectivity index (χ0v) is 9.46. The summed E-state index contributed by atoms with van der Waals surface area (Å²) in [5.74, 6) is -2.60. The second-order valence-corrected chi connectivity index (χ2v) is 3.95. The molecule has 0 bridgehead atoms. The topological polar surface area (TPSA) is 26.3 Å². The maximum absolute atomic E-state index is 13.0. The van der Waals surface area contributed by atoms with Crippen LogP contribution in [-0.4, -0.2) is 13.1 Å². The maximum atomic E-state index is 13.0. The summed E-state index contributed by atoms with van der Waals surface area (Å²) in [6.45, 7) is 3.59. The van der Waals surface area contributed by atoms with Gasteiger partial charge in [0, 0.05) is 6.07 Å². The first-order chi connectivity index (χ1) is 7.45. The summed E-state index contributed by atoms with van der Waals surface area (Å²) in [7, 11) is 1.26. The third kappa shape index (κ3) is 2.78. The average Bonchev–Trinajstić information content (AvgIpc) is 2.15. The molecule has 2 nitrogen and oxygen atoms in total. The van der Waals surface area contributed by atoms with Crippen molar-refractivity contribution in [2.45, 2.75) is 19.8 Å². The van der Waals surface area contributed by atoms with Crippen molar-refractivity contribution in [1.82, 2.24) is 0 Å². The molecule has 16 heavy (non-hydrogen) atoms. The van der Waals surface area contributed by atoms with E-state index in [9.17, 15) is 13.6 Å². The van der Waals surface area contributed by atoms with Crippen molar-refractivity contribution >= 4 is 5.97 Å². The summed E-state index contributed by atoms with van der Waals surface area (Å²) in [6.07, 6.45) is 0. The minimum Gasteiger partial charge on any atom is -0.469 e. The number of esters is 1. The summed E-state index contributed by atoms with van der Waals surface area (Å²) in [5, 5.41) is 0. The average molecular weight is 228 g/mol. The maximum Gasteiger partial charge on any atom is 0.313 e. The Labute approximate surface area is 93.2 Å². The zero-order valence-electron chi connectivity index (χ0n) is 9.46. The van der Waals surface area contributed by atoms with Gasteiger partial charge in [-0.3, -0.25) is 4.79 Å². The Morgan fingerprint density at radius 3 is 2.06 bits per heavy atom. The van der Waals surface area contributed by atoms with Crippen LogP contribution < -0.4 is 0 Å². The fourth-order valence-corrected chi connectivity index (χ4v) is 1.67. The molecule has 0 aliphatic rings. The zero-order chi connectivity index (χ0) is 12.3.